The number of nitrogens with two attached hydrogens (primary N) is 1. The van der Waals surface area contributed by atoms with E-state index in [4.69, 9.17) is 5.73 Å². The van der Waals surface area contributed by atoms with E-state index in [1.54, 1.807) is 12.1 Å². The molecule has 0 fully saturated rings. The van der Waals surface area contributed by atoms with Crippen LogP contribution in [0, 0.1) is 17.0 Å². The highest BCUT2D eigenvalue weighted by molar-refractivity contribution is 7.19. The number of nitrogens with zero attached hydrogens (tertiary/aromatic N) is 2. The Labute approximate surface area is 131 Å². The molecule has 0 unspecified atom stereocenters. The second kappa shape index (κ2) is 5.57. The highest BCUT2D eigenvalue weighted by Crippen LogP contribution is 2.38. The second-order valence-corrected chi connectivity index (χ2v) is 5.93. The summed E-state index contributed by atoms with van der Waals surface area (Å²) in [4.78, 5) is 15.8. The van der Waals surface area contributed by atoms with Crippen LogP contribution in [-0.2, 0) is 0 Å². The Kier molecular flexibility index (Phi) is 3.60. The molecule has 0 spiro atoms. The van der Waals surface area contributed by atoms with Gasteiger partial charge in [-0.3, -0.25) is 10.1 Å². The Morgan fingerprint density at radius 2 is 1.86 bits per heavy atom. The summed E-state index contributed by atoms with van der Waals surface area (Å²) in [5.41, 5.74) is 9.51. The highest BCUT2D eigenvalue weighted by atomic mass is 32.1. The Bertz CT molecular complexity index is 841. The van der Waals surface area contributed by atoms with Gasteiger partial charge >= 0.3 is 0 Å². The number of non-ortho nitro benzene ring substituents is 1. The molecule has 0 radical (unpaired) electrons. The number of nitro groups is 1. The van der Waals surface area contributed by atoms with Crippen molar-refractivity contribution >= 4 is 22.2 Å². The summed E-state index contributed by atoms with van der Waals surface area (Å²) in [5, 5.41) is 11.4. The number of aromatic nitrogens is 1. The number of benzene rings is 2. The van der Waals surface area contributed by atoms with E-state index in [9.17, 15) is 10.1 Å². The van der Waals surface area contributed by atoms with Gasteiger partial charge in [0.05, 0.1) is 15.5 Å². The van der Waals surface area contributed by atoms with Crippen LogP contribution in [-0.4, -0.2) is 9.91 Å². The summed E-state index contributed by atoms with van der Waals surface area (Å²) in [6.07, 6.45) is 0. The van der Waals surface area contributed by atoms with Crippen molar-refractivity contribution in [2.24, 2.45) is 0 Å². The molecule has 2 N–H and O–H groups in total. The monoisotopic (exact) mass is 311 g/mol. The Hall–Kier alpha value is -2.73. The van der Waals surface area contributed by atoms with E-state index in [-0.39, 0.29) is 5.69 Å². The lowest BCUT2D eigenvalue weighted by Crippen LogP contribution is -1.88. The van der Waals surface area contributed by atoms with Gasteiger partial charge in [-0.05, 0) is 6.92 Å². The van der Waals surface area contributed by atoms with E-state index >= 15 is 0 Å². The average Bonchev–Trinajstić information content (AvgIpc) is 2.90. The molecule has 22 heavy (non-hydrogen) atoms. The van der Waals surface area contributed by atoms with Crippen molar-refractivity contribution in [1.29, 1.82) is 0 Å². The summed E-state index contributed by atoms with van der Waals surface area (Å²) in [7, 11) is 0. The fourth-order valence-corrected chi connectivity index (χ4v) is 3.05. The first kappa shape index (κ1) is 14.2. The maximum Gasteiger partial charge on any atom is 0.270 e. The van der Waals surface area contributed by atoms with E-state index < -0.39 is 4.92 Å². The van der Waals surface area contributed by atoms with Gasteiger partial charge in [0.15, 0.2) is 5.13 Å². The lowest BCUT2D eigenvalue weighted by Gasteiger charge is -2.03. The van der Waals surface area contributed by atoms with Crippen molar-refractivity contribution in [3.8, 4) is 21.7 Å². The molecule has 1 heterocycles. The van der Waals surface area contributed by atoms with Gasteiger partial charge in [0.2, 0.25) is 0 Å². The number of nitrogen functional groups attached to an aromatic ring is 1. The number of anilines is 1. The van der Waals surface area contributed by atoms with Crippen molar-refractivity contribution in [2.45, 2.75) is 6.92 Å². The van der Waals surface area contributed by atoms with Gasteiger partial charge in [-0.15, -0.1) is 0 Å². The Balaban J connectivity index is 2.14. The van der Waals surface area contributed by atoms with Gasteiger partial charge in [0.1, 0.15) is 0 Å². The quantitative estimate of drug-likeness (QED) is 0.578. The molecule has 0 saturated carbocycles. The molecule has 0 aliphatic heterocycles. The number of aryl methyl sites for hydroxylation is 1. The van der Waals surface area contributed by atoms with Gasteiger partial charge in [-0.1, -0.05) is 53.3 Å². The largest absolute Gasteiger partial charge is 0.375 e. The molecule has 0 aliphatic rings. The SMILES string of the molecule is Cc1ccc(-c2nc(N)sc2-c2cccc([N+](=O)[O-])c2)cc1. The molecule has 110 valence electrons. The minimum absolute atomic E-state index is 0.0549. The summed E-state index contributed by atoms with van der Waals surface area (Å²) in [5.74, 6) is 0. The maximum absolute atomic E-state index is 11.0. The number of thiazole rings is 1. The molecule has 3 rings (SSSR count). The van der Waals surface area contributed by atoms with Crippen LogP contribution in [0.25, 0.3) is 21.7 Å². The lowest BCUT2D eigenvalue weighted by molar-refractivity contribution is -0.384. The first-order valence-corrected chi connectivity index (χ1v) is 7.44. The zero-order valence-electron chi connectivity index (χ0n) is 11.8. The molecule has 3 aromatic rings. The fourth-order valence-electron chi connectivity index (χ4n) is 2.20. The van der Waals surface area contributed by atoms with Crippen LogP contribution in [0.2, 0.25) is 0 Å². The van der Waals surface area contributed by atoms with E-state index in [1.807, 2.05) is 37.3 Å². The third-order valence-electron chi connectivity index (χ3n) is 3.29. The summed E-state index contributed by atoms with van der Waals surface area (Å²) < 4.78 is 0. The van der Waals surface area contributed by atoms with Gasteiger partial charge in [-0.2, -0.15) is 0 Å². The van der Waals surface area contributed by atoms with Crippen molar-refractivity contribution in [2.75, 3.05) is 5.73 Å². The summed E-state index contributed by atoms with van der Waals surface area (Å²) in [6.45, 7) is 2.01. The summed E-state index contributed by atoms with van der Waals surface area (Å²) in [6, 6.07) is 14.5. The predicted molar refractivity (Wildman–Crippen MR) is 88.8 cm³/mol. The minimum atomic E-state index is -0.403. The Morgan fingerprint density at radius 3 is 2.55 bits per heavy atom. The Morgan fingerprint density at radius 1 is 1.14 bits per heavy atom. The van der Waals surface area contributed by atoms with E-state index in [1.165, 1.54) is 17.4 Å². The van der Waals surface area contributed by atoms with Crippen molar-refractivity contribution in [3.63, 3.8) is 0 Å². The zero-order chi connectivity index (χ0) is 15.7. The average molecular weight is 311 g/mol. The first-order valence-electron chi connectivity index (χ1n) is 6.63. The molecular weight excluding hydrogens is 298 g/mol. The van der Waals surface area contributed by atoms with Crippen LogP contribution in [0.5, 0.6) is 0 Å². The molecule has 6 heteroatoms. The van der Waals surface area contributed by atoms with Gasteiger partial charge < -0.3 is 5.73 Å². The highest BCUT2D eigenvalue weighted by Gasteiger charge is 2.16. The maximum atomic E-state index is 11.0. The van der Waals surface area contributed by atoms with Gasteiger partial charge in [-0.25, -0.2) is 4.98 Å². The second-order valence-electron chi connectivity index (χ2n) is 4.90. The van der Waals surface area contributed by atoms with E-state index in [2.05, 4.69) is 4.98 Å². The van der Waals surface area contributed by atoms with Crippen molar-refractivity contribution in [3.05, 3.63) is 64.2 Å². The van der Waals surface area contributed by atoms with Crippen LogP contribution in [0.15, 0.2) is 48.5 Å². The first-order chi connectivity index (χ1) is 10.5. The number of hydrogen-bond donors (Lipinski definition) is 1. The van der Waals surface area contributed by atoms with Crippen molar-refractivity contribution < 1.29 is 4.92 Å². The molecule has 0 amide bonds. The van der Waals surface area contributed by atoms with Crippen LogP contribution in [0.4, 0.5) is 10.8 Å². The molecule has 0 bridgehead atoms. The van der Waals surface area contributed by atoms with Gasteiger partial charge in [0, 0.05) is 23.3 Å². The number of rotatable bonds is 3. The van der Waals surface area contributed by atoms with Crippen molar-refractivity contribution in [1.82, 2.24) is 4.98 Å². The van der Waals surface area contributed by atoms with Gasteiger partial charge in [0.25, 0.3) is 5.69 Å². The molecule has 0 saturated heterocycles. The molecular formula is C16H13N3O2S. The molecule has 1 aromatic heterocycles. The lowest BCUT2D eigenvalue weighted by atomic mass is 10.1. The predicted octanol–water partition coefficient (Wildman–Crippen LogP) is 4.28. The normalized spacial score (nSPS) is 10.6. The minimum Gasteiger partial charge on any atom is -0.375 e. The van der Waals surface area contributed by atoms with Crippen LogP contribution >= 0.6 is 11.3 Å². The van der Waals surface area contributed by atoms with Crippen LogP contribution < -0.4 is 5.73 Å². The smallest absolute Gasteiger partial charge is 0.270 e. The van der Waals surface area contributed by atoms with Crippen LogP contribution in [0.1, 0.15) is 5.56 Å². The molecule has 0 atom stereocenters. The third-order valence-corrected chi connectivity index (χ3v) is 4.22. The summed E-state index contributed by atoms with van der Waals surface area (Å²) >= 11 is 1.33. The van der Waals surface area contributed by atoms with Crippen LogP contribution in [0.3, 0.4) is 0 Å². The number of nitro benzene ring substituents is 1. The standard InChI is InChI=1S/C16H13N3O2S/c1-10-5-7-11(8-6-10)14-15(22-16(17)18-14)12-3-2-4-13(9-12)19(20)21/h2-9H,1H3,(H2,17,18). The number of hydrogen-bond acceptors (Lipinski definition) is 5. The zero-order valence-corrected chi connectivity index (χ0v) is 12.6. The molecule has 2 aromatic carbocycles. The third kappa shape index (κ3) is 2.68. The molecule has 5 nitrogen and oxygen atoms in total. The topological polar surface area (TPSA) is 82.0 Å². The van der Waals surface area contributed by atoms with E-state index in [0.29, 0.717) is 5.13 Å². The van der Waals surface area contributed by atoms with E-state index in [0.717, 1.165) is 27.3 Å². The fraction of sp³-hybridized carbons (Fsp3) is 0.0625. The molecule has 0 aliphatic carbocycles.